The maximum absolute atomic E-state index is 6.16. The van der Waals surface area contributed by atoms with Gasteiger partial charge in [-0.15, -0.1) is 0 Å². The third kappa shape index (κ3) is 4.02. The third-order valence-electron chi connectivity index (χ3n) is 4.84. The number of nitrogens with one attached hydrogen (secondary N) is 1. The zero-order chi connectivity index (χ0) is 18.6. The Hall–Kier alpha value is -2.70. The standard InChI is InChI=1S/C21H24N4OS/c22-16-1-6-21(23)19(11-16)20-14-27-13-15(20)12-24-17-2-4-18(5-3-17)25-7-9-26-10-8-25/h1-6,11,13-14,24H,7-10,12,22-23H2. The molecule has 6 heteroatoms. The van der Waals surface area contributed by atoms with E-state index in [0.29, 0.717) is 0 Å². The average molecular weight is 381 g/mol. The van der Waals surface area contributed by atoms with Gasteiger partial charge in [-0.2, -0.15) is 11.3 Å². The lowest BCUT2D eigenvalue weighted by molar-refractivity contribution is 0.122. The number of hydrogen-bond acceptors (Lipinski definition) is 6. The molecule has 5 nitrogen and oxygen atoms in total. The first-order chi connectivity index (χ1) is 13.2. The summed E-state index contributed by atoms with van der Waals surface area (Å²) in [6, 6.07) is 14.2. The highest BCUT2D eigenvalue weighted by molar-refractivity contribution is 7.08. The Bertz CT molecular complexity index is 901. The van der Waals surface area contributed by atoms with Gasteiger partial charge < -0.3 is 26.4 Å². The molecule has 0 aliphatic carbocycles. The molecule has 27 heavy (non-hydrogen) atoms. The van der Waals surface area contributed by atoms with Gasteiger partial charge in [0.2, 0.25) is 0 Å². The fraction of sp³-hybridized carbons (Fsp3) is 0.238. The maximum Gasteiger partial charge on any atom is 0.0642 e. The van der Waals surface area contributed by atoms with Gasteiger partial charge in [0.15, 0.2) is 0 Å². The van der Waals surface area contributed by atoms with Gasteiger partial charge in [0.05, 0.1) is 13.2 Å². The molecule has 140 valence electrons. The number of anilines is 4. The smallest absolute Gasteiger partial charge is 0.0642 e. The molecule has 0 unspecified atom stereocenters. The molecule has 1 aliphatic rings. The maximum atomic E-state index is 6.16. The minimum Gasteiger partial charge on any atom is -0.399 e. The number of ether oxygens (including phenoxy) is 1. The van der Waals surface area contributed by atoms with Crippen molar-refractivity contribution in [1.29, 1.82) is 0 Å². The number of thiophene rings is 1. The van der Waals surface area contributed by atoms with E-state index in [4.69, 9.17) is 16.2 Å². The minimum atomic E-state index is 0.725. The predicted molar refractivity (Wildman–Crippen MR) is 115 cm³/mol. The molecule has 0 amide bonds. The third-order valence-corrected chi connectivity index (χ3v) is 5.63. The molecule has 2 heterocycles. The van der Waals surface area contributed by atoms with Crippen LogP contribution in [-0.4, -0.2) is 26.3 Å². The average Bonchev–Trinajstić information content (AvgIpc) is 3.18. The fourth-order valence-corrected chi connectivity index (χ4v) is 4.17. The topological polar surface area (TPSA) is 76.5 Å². The van der Waals surface area contributed by atoms with Gasteiger partial charge in [0, 0.05) is 47.9 Å². The van der Waals surface area contributed by atoms with E-state index in [1.54, 1.807) is 11.3 Å². The lowest BCUT2D eigenvalue weighted by Crippen LogP contribution is -2.36. The number of nitrogens with zero attached hydrogens (tertiary/aromatic N) is 1. The van der Waals surface area contributed by atoms with Crippen LogP contribution >= 0.6 is 11.3 Å². The van der Waals surface area contributed by atoms with Crippen molar-refractivity contribution in [3.63, 3.8) is 0 Å². The van der Waals surface area contributed by atoms with Crippen molar-refractivity contribution < 1.29 is 4.74 Å². The summed E-state index contributed by atoms with van der Waals surface area (Å²) in [5.41, 5.74) is 19.3. The first-order valence-electron chi connectivity index (χ1n) is 9.08. The monoisotopic (exact) mass is 380 g/mol. The summed E-state index contributed by atoms with van der Waals surface area (Å²) in [5.74, 6) is 0. The van der Waals surface area contributed by atoms with Gasteiger partial charge in [-0.1, -0.05) is 0 Å². The molecular weight excluding hydrogens is 356 g/mol. The number of hydrogen-bond donors (Lipinski definition) is 3. The first kappa shape index (κ1) is 17.7. The van der Waals surface area contributed by atoms with E-state index in [0.717, 1.165) is 61.0 Å². The van der Waals surface area contributed by atoms with Gasteiger partial charge in [0.25, 0.3) is 0 Å². The van der Waals surface area contributed by atoms with E-state index >= 15 is 0 Å². The lowest BCUT2D eigenvalue weighted by Gasteiger charge is -2.28. The number of benzene rings is 2. The molecular formula is C21H24N4OS. The van der Waals surface area contributed by atoms with Crippen molar-refractivity contribution in [2.75, 3.05) is 48.0 Å². The van der Waals surface area contributed by atoms with E-state index in [1.165, 1.54) is 11.3 Å². The van der Waals surface area contributed by atoms with Crippen LogP contribution in [0, 0.1) is 0 Å². The largest absolute Gasteiger partial charge is 0.399 e. The molecule has 1 aliphatic heterocycles. The minimum absolute atomic E-state index is 0.725. The molecule has 2 aromatic carbocycles. The van der Waals surface area contributed by atoms with Gasteiger partial charge in [0.1, 0.15) is 0 Å². The van der Waals surface area contributed by atoms with Crippen molar-refractivity contribution in [3.05, 3.63) is 58.8 Å². The van der Waals surface area contributed by atoms with E-state index < -0.39 is 0 Å². The quantitative estimate of drug-likeness (QED) is 0.583. The molecule has 0 bridgehead atoms. The summed E-state index contributed by atoms with van der Waals surface area (Å²) in [4.78, 5) is 2.35. The highest BCUT2D eigenvalue weighted by Gasteiger charge is 2.12. The molecule has 0 saturated carbocycles. The second kappa shape index (κ2) is 7.90. The van der Waals surface area contributed by atoms with Crippen LogP contribution in [0.3, 0.4) is 0 Å². The highest BCUT2D eigenvalue weighted by Crippen LogP contribution is 2.33. The highest BCUT2D eigenvalue weighted by atomic mass is 32.1. The van der Waals surface area contributed by atoms with E-state index in [-0.39, 0.29) is 0 Å². The van der Waals surface area contributed by atoms with Gasteiger partial charge in [-0.3, -0.25) is 0 Å². The lowest BCUT2D eigenvalue weighted by atomic mass is 10.0. The van der Waals surface area contributed by atoms with E-state index in [2.05, 4.69) is 45.2 Å². The number of morpholine rings is 1. The number of nitrogens with two attached hydrogens (primary N) is 2. The van der Waals surface area contributed by atoms with Crippen LogP contribution in [0.5, 0.6) is 0 Å². The second-order valence-electron chi connectivity index (χ2n) is 6.66. The van der Waals surface area contributed by atoms with Gasteiger partial charge in [-0.05, 0) is 64.4 Å². The van der Waals surface area contributed by atoms with Crippen LogP contribution < -0.4 is 21.7 Å². The molecule has 5 N–H and O–H groups in total. The summed E-state index contributed by atoms with van der Waals surface area (Å²) in [6.45, 7) is 4.24. The summed E-state index contributed by atoms with van der Waals surface area (Å²) in [7, 11) is 0. The van der Waals surface area contributed by atoms with Crippen LogP contribution in [-0.2, 0) is 11.3 Å². The Kier molecular flexibility index (Phi) is 5.18. The van der Waals surface area contributed by atoms with Gasteiger partial charge in [-0.25, -0.2) is 0 Å². The second-order valence-corrected chi connectivity index (χ2v) is 7.40. The van der Waals surface area contributed by atoms with Crippen molar-refractivity contribution in [2.45, 2.75) is 6.54 Å². The molecule has 0 atom stereocenters. The van der Waals surface area contributed by atoms with Crippen LogP contribution in [0.1, 0.15) is 5.56 Å². The molecule has 0 radical (unpaired) electrons. The van der Waals surface area contributed by atoms with E-state index in [9.17, 15) is 0 Å². The van der Waals surface area contributed by atoms with Gasteiger partial charge >= 0.3 is 0 Å². The Morgan fingerprint density at radius 1 is 0.963 bits per heavy atom. The normalized spacial score (nSPS) is 14.3. The zero-order valence-corrected chi connectivity index (χ0v) is 16.0. The molecule has 0 spiro atoms. The summed E-state index contributed by atoms with van der Waals surface area (Å²) >= 11 is 1.68. The predicted octanol–water partition coefficient (Wildman–Crippen LogP) is 4.03. The number of nitrogen functional groups attached to an aromatic ring is 2. The summed E-state index contributed by atoms with van der Waals surface area (Å²) in [5, 5.41) is 7.80. The van der Waals surface area contributed by atoms with Crippen LogP contribution in [0.2, 0.25) is 0 Å². The van der Waals surface area contributed by atoms with Crippen LogP contribution in [0.25, 0.3) is 11.1 Å². The fourth-order valence-electron chi connectivity index (χ4n) is 3.31. The SMILES string of the molecule is Nc1ccc(N)c(-c2cscc2CNc2ccc(N3CCOCC3)cc2)c1. The Morgan fingerprint density at radius 2 is 1.74 bits per heavy atom. The van der Waals surface area contributed by atoms with Crippen molar-refractivity contribution in [2.24, 2.45) is 0 Å². The first-order valence-corrected chi connectivity index (χ1v) is 10.0. The Balaban J connectivity index is 1.45. The molecule has 1 fully saturated rings. The molecule has 4 rings (SSSR count). The van der Waals surface area contributed by atoms with Crippen LogP contribution in [0.4, 0.5) is 22.7 Å². The van der Waals surface area contributed by atoms with Crippen molar-refractivity contribution in [3.8, 4) is 11.1 Å². The number of rotatable bonds is 5. The van der Waals surface area contributed by atoms with Crippen LogP contribution in [0.15, 0.2) is 53.2 Å². The zero-order valence-electron chi connectivity index (χ0n) is 15.2. The molecule has 1 aromatic heterocycles. The summed E-state index contributed by atoms with van der Waals surface area (Å²) < 4.78 is 5.42. The Labute approximate surface area is 163 Å². The summed E-state index contributed by atoms with van der Waals surface area (Å²) in [6.07, 6.45) is 0. The molecule has 1 saturated heterocycles. The van der Waals surface area contributed by atoms with Crippen molar-refractivity contribution >= 4 is 34.1 Å². The Morgan fingerprint density at radius 3 is 2.52 bits per heavy atom. The van der Waals surface area contributed by atoms with E-state index in [1.807, 2.05) is 18.2 Å². The van der Waals surface area contributed by atoms with Crippen molar-refractivity contribution in [1.82, 2.24) is 0 Å². The molecule has 3 aromatic rings.